The number of hydrogen-bond acceptors (Lipinski definition) is 4. The average Bonchev–Trinajstić information content (AvgIpc) is 2.90. The van der Waals surface area contributed by atoms with Crippen LogP contribution in [0.5, 0.6) is 0 Å². The summed E-state index contributed by atoms with van der Waals surface area (Å²) in [6, 6.07) is 8.83. The maximum absolute atomic E-state index is 11.3. The molecule has 0 saturated carbocycles. The van der Waals surface area contributed by atoms with Gasteiger partial charge in [0, 0.05) is 39.0 Å². The highest BCUT2D eigenvalue weighted by atomic mass is 32.1. The number of thiazole rings is 1. The molecule has 2 heterocycles. The van der Waals surface area contributed by atoms with E-state index in [4.69, 9.17) is 0 Å². The van der Waals surface area contributed by atoms with E-state index < -0.39 is 0 Å². The Morgan fingerprint density at radius 3 is 2.86 bits per heavy atom. The Bertz CT molecular complexity index is 584. The summed E-state index contributed by atoms with van der Waals surface area (Å²) in [5.41, 5.74) is 1.10. The van der Waals surface area contributed by atoms with Gasteiger partial charge in [0.15, 0.2) is 0 Å². The molecule has 1 aliphatic rings. The Balaban J connectivity index is 1.45. The summed E-state index contributed by atoms with van der Waals surface area (Å²) in [5.74, 6) is 0.197. The molecule has 1 aliphatic heterocycles. The van der Waals surface area contributed by atoms with Crippen molar-refractivity contribution in [2.24, 2.45) is 0 Å². The molecule has 0 bridgehead atoms. The molecule has 0 radical (unpaired) electrons. The smallest absolute Gasteiger partial charge is 0.219 e. The zero-order valence-electron chi connectivity index (χ0n) is 12.3. The molecule has 3 rings (SSSR count). The fourth-order valence-electron chi connectivity index (χ4n) is 2.81. The molecular weight excluding hydrogens is 282 g/mol. The Kier molecular flexibility index (Phi) is 4.51. The van der Waals surface area contributed by atoms with E-state index in [-0.39, 0.29) is 5.91 Å². The molecule has 2 aromatic rings. The Morgan fingerprint density at radius 1 is 1.38 bits per heavy atom. The van der Waals surface area contributed by atoms with E-state index in [0.717, 1.165) is 44.4 Å². The molecule has 112 valence electrons. The van der Waals surface area contributed by atoms with Gasteiger partial charge in [0.25, 0.3) is 0 Å². The van der Waals surface area contributed by atoms with Crippen molar-refractivity contribution in [3.8, 4) is 0 Å². The summed E-state index contributed by atoms with van der Waals surface area (Å²) in [7, 11) is 0. The number of piperidine rings is 1. The first kappa shape index (κ1) is 14.5. The standard InChI is InChI=1S/C16H21N3OS/c1-12(20)19-10-7-13(8-11-19)17-9-6-16-18-14-4-2-3-5-15(14)21-16/h2-5,13,17H,6-11H2,1H3. The van der Waals surface area contributed by atoms with E-state index in [9.17, 15) is 4.79 Å². The maximum Gasteiger partial charge on any atom is 0.219 e. The van der Waals surface area contributed by atoms with Crippen LogP contribution < -0.4 is 5.32 Å². The summed E-state index contributed by atoms with van der Waals surface area (Å²) in [6.07, 6.45) is 3.09. The van der Waals surface area contributed by atoms with E-state index in [1.807, 2.05) is 11.0 Å². The minimum Gasteiger partial charge on any atom is -0.343 e. The second kappa shape index (κ2) is 6.54. The van der Waals surface area contributed by atoms with Gasteiger partial charge in [0.2, 0.25) is 5.91 Å². The lowest BCUT2D eigenvalue weighted by molar-refractivity contribution is -0.129. The molecule has 21 heavy (non-hydrogen) atoms. The number of benzene rings is 1. The molecule has 1 saturated heterocycles. The first-order valence-electron chi connectivity index (χ1n) is 7.56. The molecule has 1 N–H and O–H groups in total. The van der Waals surface area contributed by atoms with Gasteiger partial charge in [-0.25, -0.2) is 4.98 Å². The van der Waals surface area contributed by atoms with Crippen molar-refractivity contribution >= 4 is 27.5 Å². The predicted octanol–water partition coefficient (Wildman–Crippen LogP) is 2.44. The lowest BCUT2D eigenvalue weighted by Crippen LogP contribution is -2.44. The molecular formula is C16H21N3OS. The first-order valence-corrected chi connectivity index (χ1v) is 8.37. The Morgan fingerprint density at radius 2 is 2.14 bits per heavy atom. The molecule has 1 aromatic carbocycles. The number of carbonyl (C=O) groups excluding carboxylic acids is 1. The second-order valence-corrected chi connectivity index (χ2v) is 6.67. The monoisotopic (exact) mass is 303 g/mol. The summed E-state index contributed by atoms with van der Waals surface area (Å²) in [4.78, 5) is 17.9. The van der Waals surface area contributed by atoms with Gasteiger partial charge in [-0.2, -0.15) is 0 Å². The molecule has 4 nitrogen and oxygen atoms in total. The van der Waals surface area contributed by atoms with E-state index in [1.165, 1.54) is 9.71 Å². The van der Waals surface area contributed by atoms with E-state index in [1.54, 1.807) is 18.3 Å². The maximum atomic E-state index is 11.3. The van der Waals surface area contributed by atoms with Crippen LogP contribution in [0.15, 0.2) is 24.3 Å². The van der Waals surface area contributed by atoms with E-state index in [2.05, 4.69) is 28.5 Å². The van der Waals surface area contributed by atoms with E-state index >= 15 is 0 Å². The Labute approximate surface area is 129 Å². The van der Waals surface area contributed by atoms with Crippen LogP contribution >= 0.6 is 11.3 Å². The lowest BCUT2D eigenvalue weighted by atomic mass is 10.1. The minimum absolute atomic E-state index is 0.197. The van der Waals surface area contributed by atoms with Crippen molar-refractivity contribution in [3.63, 3.8) is 0 Å². The number of likely N-dealkylation sites (tertiary alicyclic amines) is 1. The number of nitrogens with zero attached hydrogens (tertiary/aromatic N) is 2. The van der Waals surface area contributed by atoms with Crippen molar-refractivity contribution in [2.45, 2.75) is 32.2 Å². The molecule has 0 unspecified atom stereocenters. The highest BCUT2D eigenvalue weighted by molar-refractivity contribution is 7.18. The largest absolute Gasteiger partial charge is 0.343 e. The fraction of sp³-hybridized carbons (Fsp3) is 0.500. The van der Waals surface area contributed by atoms with Gasteiger partial charge in [-0.05, 0) is 25.0 Å². The number of aromatic nitrogens is 1. The molecule has 1 aromatic heterocycles. The molecule has 0 atom stereocenters. The number of carbonyl (C=O) groups is 1. The quantitative estimate of drug-likeness (QED) is 0.943. The third kappa shape index (κ3) is 3.60. The predicted molar refractivity (Wildman–Crippen MR) is 86.6 cm³/mol. The van der Waals surface area contributed by atoms with Crippen LogP contribution in [0, 0.1) is 0 Å². The Hall–Kier alpha value is -1.46. The summed E-state index contributed by atoms with van der Waals surface area (Å²) in [5, 5.41) is 4.80. The minimum atomic E-state index is 0.197. The number of para-hydroxylation sites is 1. The van der Waals surface area contributed by atoms with Crippen LogP contribution in [0.2, 0.25) is 0 Å². The van der Waals surface area contributed by atoms with Crippen LogP contribution in [0.25, 0.3) is 10.2 Å². The van der Waals surface area contributed by atoms with Gasteiger partial charge in [-0.3, -0.25) is 4.79 Å². The highest BCUT2D eigenvalue weighted by Crippen LogP contribution is 2.21. The average molecular weight is 303 g/mol. The van der Waals surface area contributed by atoms with Gasteiger partial charge in [0.05, 0.1) is 15.2 Å². The second-order valence-electron chi connectivity index (χ2n) is 5.56. The molecule has 5 heteroatoms. The topological polar surface area (TPSA) is 45.2 Å². The summed E-state index contributed by atoms with van der Waals surface area (Å²) >= 11 is 1.78. The van der Waals surface area contributed by atoms with Crippen LogP contribution in [0.1, 0.15) is 24.8 Å². The van der Waals surface area contributed by atoms with Gasteiger partial charge in [-0.1, -0.05) is 12.1 Å². The van der Waals surface area contributed by atoms with Crippen LogP contribution in [0.4, 0.5) is 0 Å². The van der Waals surface area contributed by atoms with Crippen molar-refractivity contribution in [1.82, 2.24) is 15.2 Å². The lowest BCUT2D eigenvalue weighted by Gasteiger charge is -2.31. The van der Waals surface area contributed by atoms with Crippen molar-refractivity contribution in [2.75, 3.05) is 19.6 Å². The molecule has 1 fully saturated rings. The first-order chi connectivity index (χ1) is 10.2. The highest BCUT2D eigenvalue weighted by Gasteiger charge is 2.19. The third-order valence-corrected chi connectivity index (χ3v) is 5.15. The normalized spacial score (nSPS) is 16.5. The van der Waals surface area contributed by atoms with Gasteiger partial charge < -0.3 is 10.2 Å². The SMILES string of the molecule is CC(=O)N1CCC(NCCc2nc3ccccc3s2)CC1. The molecule has 0 spiro atoms. The molecule has 0 aliphatic carbocycles. The number of rotatable bonds is 4. The van der Waals surface area contributed by atoms with Gasteiger partial charge in [0.1, 0.15) is 0 Å². The van der Waals surface area contributed by atoms with Crippen LogP contribution in [-0.2, 0) is 11.2 Å². The zero-order valence-corrected chi connectivity index (χ0v) is 13.2. The summed E-state index contributed by atoms with van der Waals surface area (Å²) < 4.78 is 1.27. The molecule has 1 amide bonds. The number of nitrogens with one attached hydrogen (secondary N) is 1. The van der Waals surface area contributed by atoms with Crippen molar-refractivity contribution < 1.29 is 4.79 Å². The number of amides is 1. The van der Waals surface area contributed by atoms with Gasteiger partial charge in [-0.15, -0.1) is 11.3 Å². The zero-order chi connectivity index (χ0) is 14.7. The van der Waals surface area contributed by atoms with E-state index in [0.29, 0.717) is 6.04 Å². The number of hydrogen-bond donors (Lipinski definition) is 1. The fourth-order valence-corrected chi connectivity index (χ4v) is 3.78. The summed E-state index contributed by atoms with van der Waals surface area (Å²) in [6.45, 7) is 4.38. The number of fused-ring (bicyclic) bond motifs is 1. The van der Waals surface area contributed by atoms with Crippen molar-refractivity contribution in [3.05, 3.63) is 29.3 Å². The third-order valence-electron chi connectivity index (χ3n) is 4.05. The van der Waals surface area contributed by atoms with Crippen molar-refractivity contribution in [1.29, 1.82) is 0 Å². The van der Waals surface area contributed by atoms with Crippen LogP contribution in [-0.4, -0.2) is 41.5 Å². The van der Waals surface area contributed by atoms with Crippen LogP contribution in [0.3, 0.4) is 0 Å². The van der Waals surface area contributed by atoms with Gasteiger partial charge >= 0.3 is 0 Å².